The number of aryl methyl sites for hydroxylation is 1. The Morgan fingerprint density at radius 2 is 1.82 bits per heavy atom. The van der Waals surface area contributed by atoms with E-state index in [-0.39, 0.29) is 11.9 Å². The number of aromatic nitrogens is 2. The smallest absolute Gasteiger partial charge is 0.249 e. The number of anilines is 1. The van der Waals surface area contributed by atoms with Gasteiger partial charge in [0.1, 0.15) is 17.7 Å². The number of benzene rings is 3. The van der Waals surface area contributed by atoms with Crippen molar-refractivity contribution in [2.75, 3.05) is 5.32 Å². The Labute approximate surface area is 192 Å². The molecule has 0 aliphatic carbocycles. The van der Waals surface area contributed by atoms with Crippen LogP contribution in [0.5, 0.6) is 0 Å². The van der Waals surface area contributed by atoms with Crippen molar-refractivity contribution in [1.29, 1.82) is 5.41 Å². The average Bonchev–Trinajstić information content (AvgIpc) is 3.32. The van der Waals surface area contributed by atoms with Crippen LogP contribution in [0.4, 0.5) is 5.69 Å². The minimum Gasteiger partial charge on any atom is -0.384 e. The molecule has 0 spiro atoms. The van der Waals surface area contributed by atoms with Gasteiger partial charge in [0.05, 0.1) is 11.9 Å². The van der Waals surface area contributed by atoms with Crippen LogP contribution >= 0.6 is 0 Å². The molecule has 166 valence electrons. The molecule has 7 heteroatoms. The fraction of sp³-hybridized carbons (Fsp3) is 0.115. The summed E-state index contributed by atoms with van der Waals surface area (Å²) in [6, 6.07) is 22.7. The lowest BCUT2D eigenvalue weighted by atomic mass is 10.0. The number of hydrogen-bond donors (Lipinski definition) is 5. The average molecular weight is 439 g/mol. The Morgan fingerprint density at radius 3 is 2.52 bits per heavy atom. The van der Waals surface area contributed by atoms with E-state index in [1.54, 1.807) is 30.5 Å². The van der Waals surface area contributed by atoms with Crippen LogP contribution in [0.1, 0.15) is 45.8 Å². The Morgan fingerprint density at radius 1 is 1.06 bits per heavy atom. The van der Waals surface area contributed by atoms with Crippen molar-refractivity contribution in [1.82, 2.24) is 9.97 Å². The van der Waals surface area contributed by atoms with Gasteiger partial charge in [-0.2, -0.15) is 0 Å². The molecule has 33 heavy (non-hydrogen) atoms. The molecule has 1 atom stereocenters. The third kappa shape index (κ3) is 4.77. The first-order valence-corrected chi connectivity index (χ1v) is 10.7. The molecule has 0 aliphatic heterocycles. The van der Waals surface area contributed by atoms with Gasteiger partial charge < -0.3 is 21.8 Å². The molecule has 1 amide bonds. The molecule has 1 aromatic heterocycles. The Bertz CT molecular complexity index is 1290. The van der Waals surface area contributed by atoms with Crippen molar-refractivity contribution >= 4 is 17.4 Å². The van der Waals surface area contributed by atoms with Crippen LogP contribution in [0.3, 0.4) is 0 Å². The molecule has 0 aliphatic rings. The minimum absolute atomic E-state index is 0.0255. The molecule has 0 saturated heterocycles. The first-order chi connectivity index (χ1) is 16.0. The largest absolute Gasteiger partial charge is 0.384 e. The number of amidine groups is 1. The first kappa shape index (κ1) is 21.8. The zero-order chi connectivity index (χ0) is 23.4. The molecule has 1 unspecified atom stereocenters. The number of rotatable bonds is 8. The number of nitrogens with zero attached hydrogens (tertiary/aromatic N) is 1. The van der Waals surface area contributed by atoms with Gasteiger partial charge in [0.15, 0.2) is 0 Å². The summed E-state index contributed by atoms with van der Waals surface area (Å²) in [6.07, 6.45) is 2.64. The zero-order valence-electron chi connectivity index (χ0n) is 18.3. The predicted molar refractivity (Wildman–Crippen MR) is 131 cm³/mol. The normalized spacial score (nSPS) is 11.7. The van der Waals surface area contributed by atoms with Crippen LogP contribution in [0.25, 0.3) is 11.3 Å². The second-order valence-corrected chi connectivity index (χ2v) is 7.76. The third-order valence-electron chi connectivity index (χ3n) is 5.55. The molecular formula is C26H26N6O. The van der Waals surface area contributed by atoms with E-state index in [0.717, 1.165) is 17.7 Å². The molecule has 7 nitrogen and oxygen atoms in total. The second kappa shape index (κ2) is 9.40. The van der Waals surface area contributed by atoms with Crippen molar-refractivity contribution in [2.45, 2.75) is 19.4 Å². The predicted octanol–water partition coefficient (Wildman–Crippen LogP) is 4.22. The van der Waals surface area contributed by atoms with Gasteiger partial charge in [-0.3, -0.25) is 10.2 Å². The highest BCUT2D eigenvalue weighted by atomic mass is 16.1. The maximum Gasteiger partial charge on any atom is 0.249 e. The SMILES string of the molecule is CCc1cccc(C(Nc2ccc(C(=N)N)cc2)c2ncc(-c3ccccc3C(N)=O)[nH]2)c1. The standard InChI is InChI=1S/C26H26N6O/c1-2-16-6-5-7-18(14-16)23(31-19-12-10-17(11-13-19)24(27)28)26-30-15-22(32-26)20-8-3-4-9-21(20)25(29)33/h3-15,23,31H,2H2,1H3,(H3,27,28)(H2,29,33)(H,30,32). The summed E-state index contributed by atoms with van der Waals surface area (Å²) in [5.41, 5.74) is 16.8. The molecule has 0 bridgehead atoms. The van der Waals surface area contributed by atoms with E-state index in [0.29, 0.717) is 28.2 Å². The summed E-state index contributed by atoms with van der Waals surface area (Å²) in [4.78, 5) is 19.9. The minimum atomic E-state index is -0.488. The van der Waals surface area contributed by atoms with Gasteiger partial charge in [-0.15, -0.1) is 0 Å². The lowest BCUT2D eigenvalue weighted by Crippen LogP contribution is -2.15. The molecule has 7 N–H and O–H groups in total. The zero-order valence-corrected chi connectivity index (χ0v) is 18.3. The van der Waals surface area contributed by atoms with Gasteiger partial charge in [0.2, 0.25) is 5.91 Å². The van der Waals surface area contributed by atoms with Crippen LogP contribution in [-0.4, -0.2) is 21.7 Å². The van der Waals surface area contributed by atoms with Gasteiger partial charge in [-0.1, -0.05) is 49.4 Å². The maximum absolute atomic E-state index is 11.9. The number of imidazole rings is 1. The summed E-state index contributed by atoms with van der Waals surface area (Å²) in [5.74, 6) is 0.239. The van der Waals surface area contributed by atoms with E-state index in [1.807, 2.05) is 30.3 Å². The van der Waals surface area contributed by atoms with Crippen molar-refractivity contribution in [2.24, 2.45) is 11.5 Å². The molecule has 0 fully saturated rings. The number of hydrogen-bond acceptors (Lipinski definition) is 4. The number of carbonyl (C=O) groups is 1. The Hall–Kier alpha value is -4.39. The molecule has 4 aromatic rings. The first-order valence-electron chi connectivity index (χ1n) is 10.7. The fourth-order valence-electron chi connectivity index (χ4n) is 3.77. The highest BCUT2D eigenvalue weighted by Crippen LogP contribution is 2.29. The van der Waals surface area contributed by atoms with Crippen molar-refractivity contribution in [3.8, 4) is 11.3 Å². The number of aromatic amines is 1. The Balaban J connectivity index is 1.74. The third-order valence-corrected chi connectivity index (χ3v) is 5.55. The van der Waals surface area contributed by atoms with E-state index in [4.69, 9.17) is 16.9 Å². The van der Waals surface area contributed by atoms with Crippen LogP contribution in [0, 0.1) is 5.41 Å². The summed E-state index contributed by atoms with van der Waals surface area (Å²) < 4.78 is 0. The molecule has 3 aromatic carbocycles. The van der Waals surface area contributed by atoms with Gasteiger partial charge in [0.25, 0.3) is 0 Å². The topological polar surface area (TPSA) is 134 Å². The summed E-state index contributed by atoms with van der Waals surface area (Å²) in [6.45, 7) is 2.12. The number of primary amides is 1. The molecule has 0 saturated carbocycles. The van der Waals surface area contributed by atoms with E-state index in [1.165, 1.54) is 5.56 Å². The van der Waals surface area contributed by atoms with Crippen molar-refractivity contribution < 1.29 is 4.79 Å². The highest BCUT2D eigenvalue weighted by molar-refractivity contribution is 5.99. The second-order valence-electron chi connectivity index (χ2n) is 7.76. The number of nitrogens with two attached hydrogens (primary N) is 2. The summed E-state index contributed by atoms with van der Waals surface area (Å²) in [7, 11) is 0. The van der Waals surface area contributed by atoms with E-state index in [2.05, 4.69) is 40.4 Å². The maximum atomic E-state index is 11.9. The van der Waals surface area contributed by atoms with E-state index < -0.39 is 5.91 Å². The van der Waals surface area contributed by atoms with Crippen molar-refractivity contribution in [3.05, 3.63) is 107 Å². The van der Waals surface area contributed by atoms with Gasteiger partial charge in [0, 0.05) is 22.4 Å². The van der Waals surface area contributed by atoms with Crippen LogP contribution < -0.4 is 16.8 Å². The fourth-order valence-corrected chi connectivity index (χ4v) is 3.77. The van der Waals surface area contributed by atoms with Gasteiger partial charge >= 0.3 is 0 Å². The lowest BCUT2D eigenvalue weighted by Gasteiger charge is -2.20. The summed E-state index contributed by atoms with van der Waals surface area (Å²) in [5, 5.41) is 11.1. The molecule has 1 heterocycles. The highest BCUT2D eigenvalue weighted by Gasteiger charge is 2.20. The number of nitrogens with one attached hydrogen (secondary N) is 3. The van der Waals surface area contributed by atoms with Gasteiger partial charge in [-0.25, -0.2) is 4.98 Å². The molecular weight excluding hydrogens is 412 g/mol. The monoisotopic (exact) mass is 438 g/mol. The number of amides is 1. The molecule has 4 rings (SSSR count). The van der Waals surface area contributed by atoms with E-state index in [9.17, 15) is 4.79 Å². The van der Waals surface area contributed by atoms with Crippen LogP contribution in [0.15, 0.2) is 79.0 Å². The quantitative estimate of drug-likeness (QED) is 0.208. The summed E-state index contributed by atoms with van der Waals surface area (Å²) >= 11 is 0. The van der Waals surface area contributed by atoms with Crippen molar-refractivity contribution in [3.63, 3.8) is 0 Å². The Kier molecular flexibility index (Phi) is 6.22. The van der Waals surface area contributed by atoms with Crippen LogP contribution in [-0.2, 0) is 6.42 Å². The van der Waals surface area contributed by atoms with Gasteiger partial charge in [-0.05, 0) is 47.9 Å². The number of carbonyl (C=O) groups excluding carboxylic acids is 1. The van der Waals surface area contributed by atoms with E-state index >= 15 is 0 Å². The molecule has 0 radical (unpaired) electrons. The van der Waals surface area contributed by atoms with Crippen LogP contribution in [0.2, 0.25) is 0 Å². The number of H-pyrrole nitrogens is 1. The lowest BCUT2D eigenvalue weighted by molar-refractivity contribution is 0.100. The number of nitrogen functional groups attached to an aromatic ring is 1.